The second kappa shape index (κ2) is 5.10. The molecule has 0 fully saturated rings. The van der Waals surface area contributed by atoms with Gasteiger partial charge in [-0.3, -0.25) is 4.79 Å². The number of rotatable bonds is 3. The zero-order valence-corrected chi connectivity index (χ0v) is 10.4. The third-order valence-electron chi connectivity index (χ3n) is 2.97. The van der Waals surface area contributed by atoms with Crippen LogP contribution in [0.1, 0.15) is 24.0 Å². The first-order chi connectivity index (χ1) is 8.99. The van der Waals surface area contributed by atoms with Crippen LogP contribution in [0, 0.1) is 5.82 Å². The molecule has 0 spiro atoms. The fourth-order valence-corrected chi connectivity index (χ4v) is 2.07. The molecule has 2 aromatic carbocycles. The molecular weight excluding hydrogens is 245 g/mol. The number of Topliss-reactive ketones (excluding diaryl/α,β-unsaturated/α-hetero) is 1. The standard InChI is InChI=1S/C15H14FNO2/c1-9(18)15(10-2-4-11(17)5-3-10)13-7-6-12(19)8-14(13)16/h2-8,15,19H,17H2,1H3. The molecule has 0 aromatic heterocycles. The molecule has 0 aliphatic carbocycles. The van der Waals surface area contributed by atoms with Crippen molar-refractivity contribution >= 4 is 11.5 Å². The molecule has 0 saturated heterocycles. The van der Waals surface area contributed by atoms with E-state index in [9.17, 15) is 14.3 Å². The Morgan fingerprint density at radius 1 is 1.21 bits per heavy atom. The van der Waals surface area contributed by atoms with Crippen molar-refractivity contribution in [2.24, 2.45) is 0 Å². The lowest BCUT2D eigenvalue weighted by Gasteiger charge is -2.16. The van der Waals surface area contributed by atoms with Gasteiger partial charge in [0.25, 0.3) is 0 Å². The number of benzene rings is 2. The van der Waals surface area contributed by atoms with Crippen molar-refractivity contribution in [3.8, 4) is 5.75 Å². The van der Waals surface area contributed by atoms with E-state index in [2.05, 4.69) is 0 Å². The highest BCUT2D eigenvalue weighted by Gasteiger charge is 2.22. The Morgan fingerprint density at radius 2 is 1.84 bits per heavy atom. The highest BCUT2D eigenvalue weighted by atomic mass is 19.1. The lowest BCUT2D eigenvalue weighted by Crippen LogP contribution is -2.12. The van der Waals surface area contributed by atoms with Gasteiger partial charge in [0.2, 0.25) is 0 Å². The summed E-state index contributed by atoms with van der Waals surface area (Å²) < 4.78 is 13.9. The van der Waals surface area contributed by atoms with Gasteiger partial charge in [-0.05, 0) is 30.7 Å². The predicted molar refractivity (Wildman–Crippen MR) is 71.4 cm³/mol. The molecule has 1 unspecified atom stereocenters. The number of phenols is 1. The molecule has 0 saturated carbocycles. The van der Waals surface area contributed by atoms with Crippen molar-refractivity contribution < 1.29 is 14.3 Å². The van der Waals surface area contributed by atoms with Gasteiger partial charge in [-0.25, -0.2) is 4.39 Å². The zero-order valence-electron chi connectivity index (χ0n) is 10.4. The van der Waals surface area contributed by atoms with E-state index in [1.54, 1.807) is 24.3 Å². The molecule has 4 heteroatoms. The summed E-state index contributed by atoms with van der Waals surface area (Å²) in [6.45, 7) is 1.41. The summed E-state index contributed by atoms with van der Waals surface area (Å²) in [6.07, 6.45) is 0. The van der Waals surface area contributed by atoms with Gasteiger partial charge in [0.1, 0.15) is 17.3 Å². The molecule has 2 rings (SSSR count). The van der Waals surface area contributed by atoms with Crippen molar-refractivity contribution in [1.82, 2.24) is 0 Å². The van der Waals surface area contributed by atoms with Crippen molar-refractivity contribution in [1.29, 1.82) is 0 Å². The van der Waals surface area contributed by atoms with E-state index in [0.29, 0.717) is 11.3 Å². The summed E-state index contributed by atoms with van der Waals surface area (Å²) in [5.41, 5.74) is 7.10. The number of anilines is 1. The van der Waals surface area contributed by atoms with Gasteiger partial charge in [-0.2, -0.15) is 0 Å². The zero-order chi connectivity index (χ0) is 14.0. The van der Waals surface area contributed by atoms with E-state index in [4.69, 9.17) is 5.73 Å². The van der Waals surface area contributed by atoms with Crippen LogP contribution in [0.4, 0.5) is 10.1 Å². The minimum absolute atomic E-state index is 0.166. The van der Waals surface area contributed by atoms with Gasteiger partial charge in [-0.1, -0.05) is 18.2 Å². The fraction of sp³-hybridized carbons (Fsp3) is 0.133. The molecule has 3 nitrogen and oxygen atoms in total. The van der Waals surface area contributed by atoms with Crippen LogP contribution in [-0.4, -0.2) is 10.9 Å². The Morgan fingerprint density at radius 3 is 2.37 bits per heavy atom. The summed E-state index contributed by atoms with van der Waals surface area (Å²) in [6, 6.07) is 10.5. The molecule has 19 heavy (non-hydrogen) atoms. The van der Waals surface area contributed by atoms with Crippen molar-refractivity contribution in [2.75, 3.05) is 5.73 Å². The maximum absolute atomic E-state index is 13.9. The van der Waals surface area contributed by atoms with E-state index in [0.717, 1.165) is 6.07 Å². The quantitative estimate of drug-likeness (QED) is 0.833. The third kappa shape index (κ3) is 2.73. The molecule has 0 aliphatic heterocycles. The fourth-order valence-electron chi connectivity index (χ4n) is 2.07. The topological polar surface area (TPSA) is 63.3 Å². The minimum atomic E-state index is -0.693. The Labute approximate surface area is 110 Å². The van der Waals surface area contributed by atoms with Crippen molar-refractivity contribution in [3.63, 3.8) is 0 Å². The van der Waals surface area contributed by atoms with Crippen molar-refractivity contribution in [2.45, 2.75) is 12.8 Å². The molecule has 0 radical (unpaired) electrons. The Kier molecular flexibility index (Phi) is 3.51. The van der Waals surface area contributed by atoms with Crippen LogP contribution in [0.3, 0.4) is 0 Å². The lowest BCUT2D eigenvalue weighted by molar-refractivity contribution is -0.117. The van der Waals surface area contributed by atoms with E-state index in [1.807, 2.05) is 0 Å². The molecule has 0 amide bonds. The first kappa shape index (κ1) is 13.1. The largest absolute Gasteiger partial charge is 0.508 e. The molecule has 0 aliphatic rings. The van der Waals surface area contributed by atoms with Crippen LogP contribution in [0.5, 0.6) is 5.75 Å². The lowest BCUT2D eigenvalue weighted by atomic mass is 9.88. The monoisotopic (exact) mass is 259 g/mol. The maximum atomic E-state index is 13.9. The molecule has 98 valence electrons. The van der Waals surface area contributed by atoms with Gasteiger partial charge in [0.05, 0.1) is 5.92 Å². The number of carbonyl (C=O) groups excluding carboxylic acids is 1. The van der Waals surface area contributed by atoms with Crippen LogP contribution in [0.25, 0.3) is 0 Å². The van der Waals surface area contributed by atoms with Crippen LogP contribution in [0.2, 0.25) is 0 Å². The Hall–Kier alpha value is -2.36. The van der Waals surface area contributed by atoms with Gasteiger partial charge in [0, 0.05) is 17.3 Å². The second-order valence-corrected chi connectivity index (χ2v) is 4.42. The molecule has 2 aromatic rings. The molecular formula is C15H14FNO2. The smallest absolute Gasteiger partial charge is 0.141 e. The highest BCUT2D eigenvalue weighted by Crippen LogP contribution is 2.30. The minimum Gasteiger partial charge on any atom is -0.508 e. The third-order valence-corrected chi connectivity index (χ3v) is 2.97. The number of ketones is 1. The molecule has 1 atom stereocenters. The van der Waals surface area contributed by atoms with Crippen LogP contribution < -0.4 is 5.73 Å². The van der Waals surface area contributed by atoms with E-state index in [1.165, 1.54) is 19.1 Å². The normalized spacial score (nSPS) is 12.1. The molecule has 0 heterocycles. The van der Waals surface area contributed by atoms with Gasteiger partial charge in [0.15, 0.2) is 0 Å². The second-order valence-electron chi connectivity index (χ2n) is 4.42. The van der Waals surface area contributed by atoms with E-state index >= 15 is 0 Å². The average molecular weight is 259 g/mol. The number of nitrogen functional groups attached to an aromatic ring is 1. The van der Waals surface area contributed by atoms with Crippen LogP contribution in [-0.2, 0) is 4.79 Å². The number of aromatic hydroxyl groups is 1. The van der Waals surface area contributed by atoms with Gasteiger partial charge in [-0.15, -0.1) is 0 Å². The number of carbonyl (C=O) groups is 1. The number of nitrogens with two attached hydrogens (primary N) is 1. The predicted octanol–water partition coefficient (Wildman–Crippen LogP) is 2.83. The van der Waals surface area contributed by atoms with E-state index < -0.39 is 11.7 Å². The Balaban J connectivity index is 2.51. The van der Waals surface area contributed by atoms with Crippen LogP contribution in [0.15, 0.2) is 42.5 Å². The summed E-state index contributed by atoms with van der Waals surface area (Å²) in [4.78, 5) is 11.8. The summed E-state index contributed by atoms with van der Waals surface area (Å²) in [7, 11) is 0. The number of phenolic OH excluding ortho intramolecular Hbond substituents is 1. The highest BCUT2D eigenvalue weighted by molar-refractivity contribution is 5.87. The SMILES string of the molecule is CC(=O)C(c1ccc(N)cc1)c1ccc(O)cc1F. The number of hydrogen-bond donors (Lipinski definition) is 2. The maximum Gasteiger partial charge on any atom is 0.141 e. The number of halogens is 1. The first-order valence-electron chi connectivity index (χ1n) is 5.83. The van der Waals surface area contributed by atoms with E-state index in [-0.39, 0.29) is 17.1 Å². The number of hydrogen-bond acceptors (Lipinski definition) is 3. The van der Waals surface area contributed by atoms with Crippen molar-refractivity contribution in [3.05, 3.63) is 59.4 Å². The summed E-state index contributed by atoms with van der Waals surface area (Å²) in [5, 5.41) is 9.22. The molecule has 0 bridgehead atoms. The molecule has 3 N–H and O–H groups in total. The Bertz CT molecular complexity index is 608. The average Bonchev–Trinajstić information content (AvgIpc) is 2.34. The summed E-state index contributed by atoms with van der Waals surface area (Å²) in [5.74, 6) is -1.63. The van der Waals surface area contributed by atoms with Crippen LogP contribution >= 0.6 is 0 Å². The summed E-state index contributed by atoms with van der Waals surface area (Å²) >= 11 is 0. The van der Waals surface area contributed by atoms with Gasteiger partial charge < -0.3 is 10.8 Å². The van der Waals surface area contributed by atoms with Gasteiger partial charge >= 0.3 is 0 Å². The first-order valence-corrected chi connectivity index (χ1v) is 5.83.